The lowest BCUT2D eigenvalue weighted by atomic mass is 9.86. The Morgan fingerprint density at radius 1 is 1.00 bits per heavy atom. The van der Waals surface area contributed by atoms with Gasteiger partial charge in [0.15, 0.2) is 0 Å². The molecule has 0 saturated carbocycles. The number of carbonyl (C=O) groups is 3. The van der Waals surface area contributed by atoms with Gasteiger partial charge >= 0.3 is 12.1 Å². The quantitative estimate of drug-likeness (QED) is 0.604. The van der Waals surface area contributed by atoms with Crippen LogP contribution < -0.4 is 5.32 Å². The molecule has 1 saturated heterocycles. The number of ether oxygens (including phenoxy) is 1. The smallest absolute Gasteiger partial charge is 0.408 e. The van der Waals surface area contributed by atoms with E-state index in [0.717, 1.165) is 22.3 Å². The highest BCUT2D eigenvalue weighted by molar-refractivity contribution is 5.90. The number of fused-ring (bicyclic) bond motifs is 3. The highest BCUT2D eigenvalue weighted by atomic mass is 16.5. The van der Waals surface area contributed by atoms with Crippen LogP contribution in [0.25, 0.3) is 11.1 Å². The molecule has 0 aromatic heterocycles. The number of hydrogen-bond acceptors (Lipinski definition) is 4. The zero-order valence-corrected chi connectivity index (χ0v) is 20.6. The minimum Gasteiger partial charge on any atom is -0.481 e. The average molecular weight is 479 g/mol. The maximum atomic E-state index is 13.6. The largest absolute Gasteiger partial charge is 0.481 e. The van der Waals surface area contributed by atoms with Crippen molar-refractivity contribution in [2.45, 2.75) is 51.5 Å². The van der Waals surface area contributed by atoms with Gasteiger partial charge in [-0.1, -0.05) is 69.3 Å². The van der Waals surface area contributed by atoms with Gasteiger partial charge < -0.3 is 20.1 Å². The van der Waals surface area contributed by atoms with Crippen LogP contribution in [0.15, 0.2) is 48.5 Å². The molecule has 2 aromatic carbocycles. The van der Waals surface area contributed by atoms with Crippen LogP contribution in [0.2, 0.25) is 0 Å². The zero-order valence-electron chi connectivity index (χ0n) is 20.6. The van der Waals surface area contributed by atoms with Crippen LogP contribution in [0.3, 0.4) is 0 Å². The fourth-order valence-corrected chi connectivity index (χ4v) is 5.61. The summed E-state index contributed by atoms with van der Waals surface area (Å²) < 4.78 is 5.70. The molecule has 1 aliphatic heterocycles. The number of carboxylic acid groups (broad SMARTS) is 1. The summed E-state index contributed by atoms with van der Waals surface area (Å²) in [5.74, 6) is -1.72. The summed E-state index contributed by atoms with van der Waals surface area (Å²) >= 11 is 0. The van der Waals surface area contributed by atoms with Crippen molar-refractivity contribution in [2.75, 3.05) is 19.7 Å². The molecule has 2 aromatic rings. The van der Waals surface area contributed by atoms with Gasteiger partial charge in [0.25, 0.3) is 0 Å². The molecule has 1 fully saturated rings. The summed E-state index contributed by atoms with van der Waals surface area (Å²) in [6, 6.07) is 16.3. The fourth-order valence-electron chi connectivity index (χ4n) is 5.61. The van der Waals surface area contributed by atoms with Gasteiger partial charge in [-0.25, -0.2) is 4.79 Å². The number of rotatable bonds is 7. The Morgan fingerprint density at radius 3 is 2.11 bits per heavy atom. The van der Waals surface area contributed by atoms with Crippen LogP contribution in [0.5, 0.6) is 0 Å². The standard InChI is InChI=1S/C28H34N2O5/c1-4-28(5-2,26(33)30-15-18(3)14-19(16-30)25(31)32)29-27(34)35-17-24-22-12-8-6-10-20(22)21-11-7-9-13-23(21)24/h6-13,18-19,24H,4-5,14-17H2,1-3H3,(H,29,34)(H,31,32). The first-order valence-corrected chi connectivity index (χ1v) is 12.4. The summed E-state index contributed by atoms with van der Waals surface area (Å²) in [7, 11) is 0. The van der Waals surface area contributed by atoms with E-state index in [-0.39, 0.29) is 30.9 Å². The molecule has 2 atom stereocenters. The zero-order chi connectivity index (χ0) is 25.2. The molecule has 1 heterocycles. The molecule has 7 heteroatoms. The molecule has 2 N–H and O–H groups in total. The van der Waals surface area contributed by atoms with E-state index in [1.165, 1.54) is 0 Å². The molecule has 4 rings (SSSR count). The molecule has 0 bridgehead atoms. The molecule has 2 amide bonds. The van der Waals surface area contributed by atoms with E-state index in [4.69, 9.17) is 4.74 Å². The minimum atomic E-state index is -1.14. The van der Waals surface area contributed by atoms with Crippen LogP contribution in [0.1, 0.15) is 57.1 Å². The summed E-state index contributed by atoms with van der Waals surface area (Å²) in [4.78, 5) is 39.8. The topological polar surface area (TPSA) is 95.9 Å². The Hall–Kier alpha value is -3.35. The number of alkyl carbamates (subject to hydrolysis) is 1. The van der Waals surface area contributed by atoms with E-state index >= 15 is 0 Å². The first-order valence-electron chi connectivity index (χ1n) is 12.4. The van der Waals surface area contributed by atoms with Gasteiger partial charge in [0.05, 0.1) is 5.92 Å². The van der Waals surface area contributed by atoms with Crippen molar-refractivity contribution in [3.8, 4) is 11.1 Å². The number of nitrogens with one attached hydrogen (secondary N) is 1. The summed E-state index contributed by atoms with van der Waals surface area (Å²) in [6.07, 6.45) is 0.679. The van der Waals surface area contributed by atoms with Crippen molar-refractivity contribution >= 4 is 18.0 Å². The second-order valence-electron chi connectivity index (χ2n) is 9.83. The number of piperidine rings is 1. The van der Waals surface area contributed by atoms with Gasteiger partial charge in [-0.05, 0) is 47.4 Å². The SMILES string of the molecule is CCC(CC)(NC(=O)OCC1c2ccccc2-c2ccccc21)C(=O)N1CC(C)CC(C(=O)O)C1. The number of carboxylic acids is 1. The summed E-state index contributed by atoms with van der Waals surface area (Å²) in [5, 5.41) is 12.4. The van der Waals surface area contributed by atoms with Crippen LogP contribution >= 0.6 is 0 Å². The maximum Gasteiger partial charge on any atom is 0.408 e. The van der Waals surface area contributed by atoms with E-state index < -0.39 is 23.5 Å². The second-order valence-corrected chi connectivity index (χ2v) is 9.83. The number of nitrogens with zero attached hydrogens (tertiary/aromatic N) is 1. The molecular formula is C28H34N2O5. The third-order valence-electron chi connectivity index (χ3n) is 7.60. The van der Waals surface area contributed by atoms with Crippen molar-refractivity contribution in [2.24, 2.45) is 11.8 Å². The van der Waals surface area contributed by atoms with E-state index in [1.807, 2.05) is 45.0 Å². The lowest BCUT2D eigenvalue weighted by Gasteiger charge is -2.41. The molecule has 2 aliphatic rings. The predicted octanol–water partition coefficient (Wildman–Crippen LogP) is 4.65. The first kappa shape index (κ1) is 24.8. The maximum absolute atomic E-state index is 13.6. The molecule has 1 aliphatic carbocycles. The third kappa shape index (κ3) is 4.77. The lowest BCUT2D eigenvalue weighted by molar-refractivity contribution is -0.149. The fraction of sp³-hybridized carbons (Fsp3) is 0.464. The highest BCUT2D eigenvalue weighted by Crippen LogP contribution is 2.44. The predicted molar refractivity (Wildman–Crippen MR) is 133 cm³/mol. The van der Waals surface area contributed by atoms with Crippen LogP contribution in [0, 0.1) is 11.8 Å². The van der Waals surface area contributed by atoms with E-state index in [1.54, 1.807) is 4.90 Å². The number of carbonyl (C=O) groups excluding carboxylic acids is 2. The molecular weight excluding hydrogens is 444 g/mol. The van der Waals surface area contributed by atoms with Crippen molar-refractivity contribution in [3.05, 3.63) is 59.7 Å². The normalized spacial score (nSPS) is 19.6. The number of amides is 2. The molecule has 186 valence electrons. The lowest BCUT2D eigenvalue weighted by Crippen LogP contribution is -2.61. The Kier molecular flexibility index (Phi) is 7.15. The number of aliphatic carboxylic acids is 1. The van der Waals surface area contributed by atoms with Gasteiger partial charge in [-0.15, -0.1) is 0 Å². The van der Waals surface area contributed by atoms with E-state index in [0.29, 0.717) is 25.8 Å². The average Bonchev–Trinajstić information content (AvgIpc) is 3.19. The monoisotopic (exact) mass is 478 g/mol. The van der Waals surface area contributed by atoms with Crippen LogP contribution in [-0.4, -0.2) is 53.2 Å². The Morgan fingerprint density at radius 2 is 1.57 bits per heavy atom. The third-order valence-corrected chi connectivity index (χ3v) is 7.60. The molecule has 2 unspecified atom stereocenters. The van der Waals surface area contributed by atoms with Crippen LogP contribution in [-0.2, 0) is 14.3 Å². The molecule has 0 radical (unpaired) electrons. The number of benzene rings is 2. The van der Waals surface area contributed by atoms with Crippen LogP contribution in [0.4, 0.5) is 4.79 Å². The molecule has 7 nitrogen and oxygen atoms in total. The van der Waals surface area contributed by atoms with Gasteiger partial charge in [0.1, 0.15) is 12.1 Å². The molecule has 0 spiro atoms. The van der Waals surface area contributed by atoms with E-state index in [9.17, 15) is 19.5 Å². The Labute approximate surface area is 206 Å². The Balaban J connectivity index is 1.47. The second kappa shape index (κ2) is 10.1. The first-order chi connectivity index (χ1) is 16.8. The van der Waals surface area contributed by atoms with Gasteiger partial charge in [0, 0.05) is 19.0 Å². The highest BCUT2D eigenvalue weighted by Gasteiger charge is 2.43. The van der Waals surface area contributed by atoms with Crippen molar-refractivity contribution < 1.29 is 24.2 Å². The van der Waals surface area contributed by atoms with Crippen molar-refractivity contribution in [1.82, 2.24) is 10.2 Å². The van der Waals surface area contributed by atoms with Gasteiger partial charge in [-0.2, -0.15) is 0 Å². The van der Waals surface area contributed by atoms with E-state index in [2.05, 4.69) is 29.6 Å². The van der Waals surface area contributed by atoms with Gasteiger partial charge in [-0.3, -0.25) is 9.59 Å². The minimum absolute atomic E-state index is 0.0687. The number of likely N-dealkylation sites (tertiary alicyclic amines) is 1. The van der Waals surface area contributed by atoms with Crippen molar-refractivity contribution in [3.63, 3.8) is 0 Å². The molecule has 35 heavy (non-hydrogen) atoms. The number of hydrogen-bond donors (Lipinski definition) is 2. The van der Waals surface area contributed by atoms with Gasteiger partial charge in [0.2, 0.25) is 5.91 Å². The summed E-state index contributed by atoms with van der Waals surface area (Å²) in [6.45, 7) is 6.47. The Bertz CT molecular complexity index is 1060. The summed E-state index contributed by atoms with van der Waals surface area (Å²) in [5.41, 5.74) is 3.41. The van der Waals surface area contributed by atoms with Crippen molar-refractivity contribution in [1.29, 1.82) is 0 Å².